The van der Waals surface area contributed by atoms with Gasteiger partial charge < -0.3 is 15.5 Å². The van der Waals surface area contributed by atoms with Gasteiger partial charge in [0.2, 0.25) is 0 Å². The molecule has 1 aliphatic heterocycles. The highest BCUT2D eigenvalue weighted by Gasteiger charge is 2.25. The van der Waals surface area contributed by atoms with Gasteiger partial charge in [0.15, 0.2) is 0 Å². The minimum absolute atomic E-state index is 0.462. The molecule has 3 nitrogen and oxygen atoms in total. The molecule has 0 aromatic carbocycles. The highest BCUT2D eigenvalue weighted by atomic mass is 15.2. The Kier molecular flexibility index (Phi) is 4.00. The minimum Gasteiger partial charge on any atom is -0.328 e. The quantitative estimate of drug-likeness (QED) is 0.750. The Bertz CT molecular complexity index is 189. The van der Waals surface area contributed by atoms with Crippen LogP contribution in [0.1, 0.15) is 32.1 Å². The summed E-state index contributed by atoms with van der Waals surface area (Å²) in [7, 11) is 2.26. The Morgan fingerprint density at radius 2 is 2.00 bits per heavy atom. The molecule has 2 fully saturated rings. The van der Waals surface area contributed by atoms with E-state index in [9.17, 15) is 0 Å². The van der Waals surface area contributed by atoms with Crippen LogP contribution in [0.3, 0.4) is 0 Å². The summed E-state index contributed by atoms with van der Waals surface area (Å²) in [6.07, 6.45) is 6.53. The van der Waals surface area contributed by atoms with Crippen LogP contribution in [0.4, 0.5) is 0 Å². The molecule has 0 amide bonds. The van der Waals surface area contributed by atoms with E-state index in [4.69, 9.17) is 5.73 Å². The average Bonchev–Trinajstić information content (AvgIpc) is 2.84. The van der Waals surface area contributed by atoms with E-state index in [1.54, 1.807) is 0 Å². The first-order chi connectivity index (χ1) is 7.25. The van der Waals surface area contributed by atoms with Gasteiger partial charge in [0.1, 0.15) is 0 Å². The van der Waals surface area contributed by atoms with Crippen LogP contribution >= 0.6 is 0 Å². The highest BCUT2D eigenvalue weighted by molar-refractivity contribution is 4.84. The first-order valence-electron chi connectivity index (χ1n) is 6.44. The molecule has 1 saturated carbocycles. The van der Waals surface area contributed by atoms with Crippen molar-refractivity contribution in [1.82, 2.24) is 9.80 Å². The number of likely N-dealkylation sites (tertiary alicyclic amines) is 1. The molecule has 3 heteroatoms. The van der Waals surface area contributed by atoms with Crippen molar-refractivity contribution in [2.75, 3.05) is 33.2 Å². The number of nitrogens with zero attached hydrogens (tertiary/aromatic N) is 2. The topological polar surface area (TPSA) is 32.5 Å². The lowest BCUT2D eigenvalue weighted by Crippen LogP contribution is -2.37. The van der Waals surface area contributed by atoms with E-state index in [2.05, 4.69) is 16.8 Å². The van der Waals surface area contributed by atoms with Gasteiger partial charge in [-0.3, -0.25) is 0 Å². The minimum atomic E-state index is 0.462. The van der Waals surface area contributed by atoms with Crippen molar-refractivity contribution in [3.63, 3.8) is 0 Å². The van der Waals surface area contributed by atoms with Crippen LogP contribution in [0.2, 0.25) is 0 Å². The number of rotatable bonds is 4. The number of hydrogen-bond acceptors (Lipinski definition) is 3. The fourth-order valence-electron chi connectivity index (χ4n) is 2.88. The van der Waals surface area contributed by atoms with Crippen LogP contribution in [0, 0.1) is 0 Å². The van der Waals surface area contributed by atoms with Gasteiger partial charge in [-0.05, 0) is 52.2 Å². The molecular formula is C12H25N3. The Balaban J connectivity index is 1.65. The SMILES string of the molecule is CN(CCN1CCCC1)C1CCC(N)C1. The second kappa shape index (κ2) is 5.28. The molecule has 0 aromatic rings. The van der Waals surface area contributed by atoms with Crippen molar-refractivity contribution in [3.8, 4) is 0 Å². The first kappa shape index (κ1) is 11.4. The zero-order chi connectivity index (χ0) is 10.7. The molecule has 0 spiro atoms. The summed E-state index contributed by atoms with van der Waals surface area (Å²) in [4.78, 5) is 5.11. The van der Waals surface area contributed by atoms with Gasteiger partial charge in [0.05, 0.1) is 0 Å². The fraction of sp³-hybridized carbons (Fsp3) is 1.00. The van der Waals surface area contributed by atoms with E-state index in [0.29, 0.717) is 6.04 Å². The molecule has 0 radical (unpaired) electrons. The molecule has 15 heavy (non-hydrogen) atoms. The van der Waals surface area contributed by atoms with Crippen LogP contribution < -0.4 is 5.73 Å². The molecule has 2 rings (SSSR count). The van der Waals surface area contributed by atoms with Crippen molar-refractivity contribution < 1.29 is 0 Å². The standard InChI is InChI=1S/C12H25N3/c1-14(12-5-4-11(13)10-12)8-9-15-6-2-3-7-15/h11-12H,2-10,13H2,1H3. The summed E-state index contributed by atoms with van der Waals surface area (Å²) in [5.74, 6) is 0. The molecule has 0 aromatic heterocycles. The third-order valence-electron chi connectivity index (χ3n) is 4.04. The normalized spacial score (nSPS) is 33.0. The van der Waals surface area contributed by atoms with Crippen LogP contribution in [0.25, 0.3) is 0 Å². The van der Waals surface area contributed by atoms with Gasteiger partial charge in [-0.2, -0.15) is 0 Å². The molecule has 2 atom stereocenters. The van der Waals surface area contributed by atoms with Gasteiger partial charge in [0.25, 0.3) is 0 Å². The van der Waals surface area contributed by atoms with Crippen LogP contribution in [-0.2, 0) is 0 Å². The lowest BCUT2D eigenvalue weighted by molar-refractivity contribution is 0.206. The number of hydrogen-bond donors (Lipinski definition) is 1. The van der Waals surface area contributed by atoms with Gasteiger partial charge in [-0.1, -0.05) is 0 Å². The predicted molar refractivity (Wildman–Crippen MR) is 63.9 cm³/mol. The number of likely N-dealkylation sites (N-methyl/N-ethyl adjacent to an activating group) is 1. The summed E-state index contributed by atoms with van der Waals surface area (Å²) >= 11 is 0. The molecule has 2 aliphatic rings. The van der Waals surface area contributed by atoms with Crippen molar-refractivity contribution in [2.45, 2.75) is 44.2 Å². The second-order valence-electron chi connectivity index (χ2n) is 5.26. The molecule has 2 N–H and O–H groups in total. The fourth-order valence-corrected chi connectivity index (χ4v) is 2.88. The van der Waals surface area contributed by atoms with E-state index >= 15 is 0 Å². The predicted octanol–water partition coefficient (Wildman–Crippen LogP) is 0.894. The molecule has 88 valence electrons. The lowest BCUT2D eigenvalue weighted by Gasteiger charge is -2.26. The van der Waals surface area contributed by atoms with E-state index in [1.165, 1.54) is 58.3 Å². The number of nitrogens with two attached hydrogens (primary N) is 1. The molecule has 0 bridgehead atoms. The van der Waals surface area contributed by atoms with Crippen molar-refractivity contribution >= 4 is 0 Å². The average molecular weight is 211 g/mol. The van der Waals surface area contributed by atoms with Crippen molar-refractivity contribution in [3.05, 3.63) is 0 Å². The maximum Gasteiger partial charge on any atom is 0.0109 e. The third kappa shape index (κ3) is 3.16. The second-order valence-corrected chi connectivity index (χ2v) is 5.26. The smallest absolute Gasteiger partial charge is 0.0109 e. The van der Waals surface area contributed by atoms with E-state index in [1.807, 2.05) is 0 Å². The Labute approximate surface area is 93.6 Å². The summed E-state index contributed by atoms with van der Waals surface area (Å²) in [5.41, 5.74) is 5.94. The van der Waals surface area contributed by atoms with E-state index < -0.39 is 0 Å². The highest BCUT2D eigenvalue weighted by Crippen LogP contribution is 2.21. The van der Waals surface area contributed by atoms with Crippen molar-refractivity contribution in [1.29, 1.82) is 0 Å². The van der Waals surface area contributed by atoms with Gasteiger partial charge in [-0.25, -0.2) is 0 Å². The maximum absolute atomic E-state index is 5.94. The van der Waals surface area contributed by atoms with Crippen LogP contribution in [0.5, 0.6) is 0 Å². The van der Waals surface area contributed by atoms with E-state index in [-0.39, 0.29) is 0 Å². The van der Waals surface area contributed by atoms with Crippen molar-refractivity contribution in [2.24, 2.45) is 5.73 Å². The monoisotopic (exact) mass is 211 g/mol. The summed E-state index contributed by atoms with van der Waals surface area (Å²) in [5, 5.41) is 0. The van der Waals surface area contributed by atoms with Gasteiger partial charge in [0, 0.05) is 25.2 Å². The Morgan fingerprint density at radius 3 is 2.60 bits per heavy atom. The zero-order valence-electron chi connectivity index (χ0n) is 9.99. The van der Waals surface area contributed by atoms with Crippen LogP contribution in [0.15, 0.2) is 0 Å². The van der Waals surface area contributed by atoms with Crippen LogP contribution in [-0.4, -0.2) is 55.1 Å². The zero-order valence-corrected chi connectivity index (χ0v) is 9.99. The summed E-state index contributed by atoms with van der Waals surface area (Å²) in [6, 6.07) is 1.21. The molecule has 2 unspecified atom stereocenters. The molecular weight excluding hydrogens is 186 g/mol. The lowest BCUT2D eigenvalue weighted by atomic mass is 10.2. The van der Waals surface area contributed by atoms with E-state index in [0.717, 1.165) is 6.04 Å². The maximum atomic E-state index is 5.94. The molecule has 1 saturated heterocycles. The molecule has 1 heterocycles. The molecule has 1 aliphatic carbocycles. The third-order valence-corrected chi connectivity index (χ3v) is 4.04. The summed E-state index contributed by atoms with van der Waals surface area (Å²) < 4.78 is 0. The largest absolute Gasteiger partial charge is 0.328 e. The Hall–Kier alpha value is -0.120. The Morgan fingerprint density at radius 1 is 1.27 bits per heavy atom. The van der Waals surface area contributed by atoms with Gasteiger partial charge >= 0.3 is 0 Å². The summed E-state index contributed by atoms with van der Waals surface area (Å²) in [6.45, 7) is 5.11. The van der Waals surface area contributed by atoms with Gasteiger partial charge in [-0.15, -0.1) is 0 Å². The first-order valence-corrected chi connectivity index (χ1v) is 6.44.